The van der Waals surface area contributed by atoms with E-state index in [1.807, 2.05) is 11.8 Å². The van der Waals surface area contributed by atoms with E-state index in [4.69, 9.17) is 26.5 Å². The number of halogens is 2. The summed E-state index contributed by atoms with van der Waals surface area (Å²) in [6, 6.07) is 9.74. The number of hydrogen-bond acceptors (Lipinski definition) is 7. The quantitative estimate of drug-likeness (QED) is 0.274. The number of amides is 3. The van der Waals surface area contributed by atoms with Gasteiger partial charge in [-0.15, -0.1) is 0 Å². The van der Waals surface area contributed by atoms with Crippen LogP contribution in [0.4, 0.5) is 10.1 Å². The first-order valence-electron chi connectivity index (χ1n) is 15.3. The van der Waals surface area contributed by atoms with E-state index in [2.05, 4.69) is 44.3 Å². The Kier molecular flexibility index (Phi) is 11.1. The average Bonchev–Trinajstić information content (AvgIpc) is 3.37. The number of ether oxygens (including phenoxy) is 1. The molecule has 2 aromatic carbocycles. The zero-order chi connectivity index (χ0) is 33.8. The maximum atomic E-state index is 15.0. The molecule has 1 unspecified atom stereocenters. The van der Waals surface area contributed by atoms with E-state index in [1.54, 1.807) is 36.4 Å². The number of para-hydroxylation sites is 1. The van der Waals surface area contributed by atoms with E-state index in [0.29, 0.717) is 37.2 Å². The Labute approximate surface area is 275 Å². The van der Waals surface area contributed by atoms with Crippen LogP contribution in [0.25, 0.3) is 10.9 Å². The third-order valence-electron chi connectivity index (χ3n) is 8.77. The van der Waals surface area contributed by atoms with Crippen LogP contribution < -0.4 is 16.0 Å². The van der Waals surface area contributed by atoms with Gasteiger partial charge in [0.2, 0.25) is 11.8 Å². The van der Waals surface area contributed by atoms with Gasteiger partial charge in [-0.05, 0) is 43.3 Å². The zero-order valence-corrected chi connectivity index (χ0v) is 29.1. The molecule has 1 saturated heterocycles. The fraction of sp³-hybridized carbons (Fsp3) is 0.500. The van der Waals surface area contributed by atoms with Gasteiger partial charge in [-0.25, -0.2) is 4.39 Å². The van der Waals surface area contributed by atoms with Crippen molar-refractivity contribution >= 4 is 54.2 Å². The third-order valence-corrected chi connectivity index (χ3v) is 13.6. The Hall–Kier alpha value is -3.52. The minimum atomic E-state index is -2.17. The lowest BCUT2D eigenvalue weighted by Crippen LogP contribution is -2.50. The molecular weight excluding hydrogens is 631 g/mol. The van der Waals surface area contributed by atoms with Crippen LogP contribution in [0.2, 0.25) is 23.2 Å². The largest absolute Gasteiger partial charge is 0.415 e. The highest BCUT2D eigenvalue weighted by Crippen LogP contribution is 2.36. The van der Waals surface area contributed by atoms with E-state index < -0.39 is 37.9 Å². The van der Waals surface area contributed by atoms with Gasteiger partial charge in [0.25, 0.3) is 5.91 Å². The van der Waals surface area contributed by atoms with E-state index in [1.165, 1.54) is 9.58 Å². The second kappa shape index (κ2) is 14.5. The number of aromatic nitrogens is 2. The average molecular weight is 675 g/mol. The molecule has 3 N–H and O–H groups in total. The van der Waals surface area contributed by atoms with Crippen molar-refractivity contribution in [3.05, 3.63) is 58.5 Å². The monoisotopic (exact) mass is 674 g/mol. The van der Waals surface area contributed by atoms with Crippen LogP contribution in [0.1, 0.15) is 43.7 Å². The summed E-state index contributed by atoms with van der Waals surface area (Å²) in [5, 5.41) is 7.50. The first kappa shape index (κ1) is 35.3. The molecule has 1 aliphatic rings. The number of rotatable bonds is 12. The number of fused-ring (bicyclic) bond motifs is 1. The zero-order valence-electron chi connectivity index (χ0n) is 27.4. The first-order valence-corrected chi connectivity index (χ1v) is 18.6. The Morgan fingerprint density at radius 1 is 1.20 bits per heavy atom. The lowest BCUT2D eigenvalue weighted by atomic mass is 10.1. The molecule has 14 heteroatoms. The maximum absolute atomic E-state index is 15.0. The van der Waals surface area contributed by atoms with Crippen LogP contribution in [0.15, 0.2) is 36.4 Å². The predicted octanol–water partition coefficient (Wildman–Crippen LogP) is 4.32. The molecule has 0 spiro atoms. The Bertz CT molecular complexity index is 1590. The normalized spacial score (nSPS) is 14.7. The molecule has 250 valence electrons. The molecule has 0 aliphatic carbocycles. The van der Waals surface area contributed by atoms with Gasteiger partial charge >= 0.3 is 0 Å². The van der Waals surface area contributed by atoms with Gasteiger partial charge in [-0.2, -0.15) is 5.10 Å². The lowest BCUT2D eigenvalue weighted by molar-refractivity contribution is -0.139. The smallest absolute Gasteiger partial charge is 0.269 e. The maximum Gasteiger partial charge on any atom is 0.269 e. The molecule has 1 aromatic heterocycles. The summed E-state index contributed by atoms with van der Waals surface area (Å²) in [6.07, 6.45) is 0. The Morgan fingerprint density at radius 2 is 1.87 bits per heavy atom. The highest BCUT2D eigenvalue weighted by Gasteiger charge is 2.38. The van der Waals surface area contributed by atoms with E-state index in [9.17, 15) is 14.4 Å². The lowest BCUT2D eigenvalue weighted by Gasteiger charge is -2.38. The summed E-state index contributed by atoms with van der Waals surface area (Å²) < 4.78 is 28.2. The van der Waals surface area contributed by atoms with Crippen molar-refractivity contribution in [3.8, 4) is 0 Å². The standard InChI is InChI=1S/C32H44ClFN6O5Si/c1-21(20-45-46(5,6)32(2,3)4)39(28(42)19-40-26-10-8-7-9-24(26)30(37-40)31(35)43)18-27(41)36-17-22-15-23(16-25(33)29(22)34)38-11-13-44-14-12-38/h7-10,15-16,21H,11-14,17-20H2,1-6H3,(H2,35,43)(H,36,41). The number of primary amides is 1. The summed E-state index contributed by atoms with van der Waals surface area (Å²) in [7, 11) is -2.17. The molecule has 0 saturated carbocycles. The summed E-state index contributed by atoms with van der Waals surface area (Å²) in [4.78, 5) is 42.7. The predicted molar refractivity (Wildman–Crippen MR) is 179 cm³/mol. The van der Waals surface area contributed by atoms with Crippen LogP contribution >= 0.6 is 11.6 Å². The molecule has 1 atom stereocenters. The fourth-order valence-corrected chi connectivity index (χ4v) is 6.27. The van der Waals surface area contributed by atoms with Crippen molar-refractivity contribution in [2.75, 3.05) is 44.4 Å². The van der Waals surface area contributed by atoms with Gasteiger partial charge in [0.1, 0.15) is 12.4 Å². The van der Waals surface area contributed by atoms with Gasteiger partial charge in [-0.1, -0.05) is 50.6 Å². The summed E-state index contributed by atoms with van der Waals surface area (Å²) in [5.41, 5.74) is 7.14. The Balaban J connectivity index is 1.53. The van der Waals surface area contributed by atoms with Gasteiger partial charge in [0.05, 0.1) is 42.9 Å². The summed E-state index contributed by atoms with van der Waals surface area (Å²) >= 11 is 6.22. The minimum Gasteiger partial charge on any atom is -0.415 e. The van der Waals surface area contributed by atoms with E-state index in [-0.39, 0.29) is 47.6 Å². The summed E-state index contributed by atoms with van der Waals surface area (Å²) in [6.45, 7) is 14.4. The van der Waals surface area contributed by atoms with Crippen LogP contribution in [0, 0.1) is 5.82 Å². The second-order valence-electron chi connectivity index (χ2n) is 13.1. The molecule has 0 bridgehead atoms. The number of carbonyl (C=O) groups is 3. The number of morpholine rings is 1. The molecule has 0 radical (unpaired) electrons. The minimum absolute atomic E-state index is 0.0387. The molecular formula is C32H44ClFN6O5Si. The number of anilines is 1. The molecule has 1 aliphatic heterocycles. The van der Waals surface area contributed by atoms with Crippen molar-refractivity contribution < 1.29 is 27.9 Å². The van der Waals surface area contributed by atoms with Crippen LogP contribution in [-0.4, -0.2) is 86.2 Å². The topological polar surface area (TPSA) is 132 Å². The Morgan fingerprint density at radius 3 is 2.52 bits per heavy atom. The number of hydrogen-bond donors (Lipinski definition) is 2. The molecule has 4 rings (SSSR count). The molecule has 2 heterocycles. The fourth-order valence-electron chi connectivity index (χ4n) is 4.94. The van der Waals surface area contributed by atoms with Gasteiger partial charge in [0, 0.05) is 36.3 Å². The molecule has 3 aromatic rings. The second-order valence-corrected chi connectivity index (χ2v) is 18.3. The van der Waals surface area contributed by atoms with Crippen LogP contribution in [0.5, 0.6) is 0 Å². The molecule has 3 amide bonds. The number of nitrogens with zero attached hydrogens (tertiary/aromatic N) is 4. The van der Waals surface area contributed by atoms with Crippen molar-refractivity contribution in [1.82, 2.24) is 20.0 Å². The number of nitrogens with one attached hydrogen (secondary N) is 1. The number of nitrogens with two attached hydrogens (primary N) is 1. The van der Waals surface area contributed by atoms with Crippen LogP contribution in [0.3, 0.4) is 0 Å². The molecule has 1 fully saturated rings. The third kappa shape index (κ3) is 8.24. The first-order chi connectivity index (χ1) is 21.6. The van der Waals surface area contributed by atoms with Gasteiger partial charge in [-0.3, -0.25) is 19.1 Å². The van der Waals surface area contributed by atoms with Crippen molar-refractivity contribution in [2.45, 2.75) is 65.0 Å². The van der Waals surface area contributed by atoms with E-state index >= 15 is 4.39 Å². The molecule has 46 heavy (non-hydrogen) atoms. The van der Waals surface area contributed by atoms with E-state index in [0.717, 1.165) is 5.69 Å². The highest BCUT2D eigenvalue weighted by molar-refractivity contribution is 6.74. The van der Waals surface area contributed by atoms with Crippen molar-refractivity contribution in [3.63, 3.8) is 0 Å². The summed E-state index contributed by atoms with van der Waals surface area (Å²) in [5.74, 6) is -2.21. The number of benzene rings is 2. The van der Waals surface area contributed by atoms with Gasteiger partial charge in [0.15, 0.2) is 14.0 Å². The molecule has 11 nitrogen and oxygen atoms in total. The van der Waals surface area contributed by atoms with Gasteiger partial charge < -0.3 is 30.0 Å². The SMILES string of the molecule is CC(CO[Si](C)(C)C(C)(C)C)N(CC(=O)NCc1cc(N2CCOCC2)cc(Cl)c1F)C(=O)Cn1nc(C(N)=O)c2ccccc21. The highest BCUT2D eigenvalue weighted by atomic mass is 35.5. The van der Waals surface area contributed by atoms with Crippen molar-refractivity contribution in [1.29, 1.82) is 0 Å². The van der Waals surface area contributed by atoms with Crippen molar-refractivity contribution in [2.24, 2.45) is 5.73 Å². The van der Waals surface area contributed by atoms with Crippen LogP contribution in [-0.2, 0) is 31.8 Å². The number of carbonyl (C=O) groups excluding carboxylic acids is 3.